The highest BCUT2D eigenvalue weighted by molar-refractivity contribution is 5.90. The molecule has 0 aliphatic rings. The fourth-order valence-corrected chi connectivity index (χ4v) is 1.30. The Labute approximate surface area is 106 Å². The average molecular weight is 251 g/mol. The van der Waals surface area contributed by atoms with E-state index in [2.05, 4.69) is 5.32 Å². The molecule has 0 fully saturated rings. The number of anilines is 1. The molecular weight excluding hydrogens is 234 g/mol. The van der Waals surface area contributed by atoms with Crippen LogP contribution in [0.1, 0.15) is 31.1 Å². The Morgan fingerprint density at radius 3 is 2.17 bits per heavy atom. The summed E-state index contributed by atoms with van der Waals surface area (Å²) in [5.74, 6) is -1.32. The molecule has 0 saturated heterocycles. The Hall–Kier alpha value is -2.04. The van der Waals surface area contributed by atoms with E-state index < -0.39 is 12.0 Å². The van der Waals surface area contributed by atoms with Gasteiger partial charge in [-0.1, -0.05) is 0 Å². The van der Waals surface area contributed by atoms with Crippen molar-refractivity contribution >= 4 is 17.6 Å². The van der Waals surface area contributed by atoms with Gasteiger partial charge in [0, 0.05) is 5.69 Å². The number of carbonyl (C=O) groups excluding carboxylic acids is 1. The van der Waals surface area contributed by atoms with E-state index in [0.29, 0.717) is 11.3 Å². The van der Waals surface area contributed by atoms with Crippen LogP contribution in [0.5, 0.6) is 0 Å². The molecule has 5 heteroatoms. The molecule has 0 amide bonds. The Balaban J connectivity index is 2.68. The van der Waals surface area contributed by atoms with Crippen LogP contribution in [0.25, 0.3) is 0 Å². The van der Waals surface area contributed by atoms with Gasteiger partial charge in [0.25, 0.3) is 0 Å². The zero-order valence-corrected chi connectivity index (χ0v) is 10.6. The van der Waals surface area contributed by atoms with Crippen molar-refractivity contribution in [3.63, 3.8) is 0 Å². The van der Waals surface area contributed by atoms with Gasteiger partial charge in [-0.05, 0) is 45.0 Å². The smallest absolute Gasteiger partial charge is 0.338 e. The number of rotatable bonds is 5. The number of nitrogens with one attached hydrogen (secondary N) is 1. The third-order valence-corrected chi connectivity index (χ3v) is 2.22. The quantitative estimate of drug-likeness (QED) is 0.784. The molecule has 2 N–H and O–H groups in total. The first-order valence-electron chi connectivity index (χ1n) is 5.70. The summed E-state index contributed by atoms with van der Waals surface area (Å²) in [5.41, 5.74) is 1.09. The van der Waals surface area contributed by atoms with Crippen LogP contribution in [0.15, 0.2) is 24.3 Å². The number of benzene rings is 1. The lowest BCUT2D eigenvalue weighted by Gasteiger charge is -2.11. The van der Waals surface area contributed by atoms with Gasteiger partial charge in [-0.15, -0.1) is 0 Å². The van der Waals surface area contributed by atoms with Gasteiger partial charge in [-0.25, -0.2) is 4.79 Å². The van der Waals surface area contributed by atoms with Crippen molar-refractivity contribution in [2.45, 2.75) is 32.9 Å². The highest BCUT2D eigenvalue weighted by Crippen LogP contribution is 2.12. The molecule has 1 rings (SSSR count). The lowest BCUT2D eigenvalue weighted by atomic mass is 10.2. The summed E-state index contributed by atoms with van der Waals surface area (Å²) >= 11 is 0. The molecule has 98 valence electrons. The Morgan fingerprint density at radius 2 is 1.72 bits per heavy atom. The molecular formula is C13H17NO4. The standard InChI is InChI=1S/C13H17NO4/c1-8(2)18-13(17)10-4-6-11(7-5-10)14-9(3)12(15)16/h4-9,14H,1-3H3,(H,15,16). The molecule has 1 atom stereocenters. The Morgan fingerprint density at radius 1 is 1.17 bits per heavy atom. The third-order valence-electron chi connectivity index (χ3n) is 2.22. The zero-order chi connectivity index (χ0) is 13.7. The molecule has 0 aliphatic heterocycles. The zero-order valence-electron chi connectivity index (χ0n) is 10.6. The van der Waals surface area contributed by atoms with Crippen LogP contribution in [0, 0.1) is 0 Å². The first-order chi connectivity index (χ1) is 8.40. The molecule has 0 saturated carbocycles. The number of hydrogen-bond donors (Lipinski definition) is 2. The number of carboxylic acid groups (broad SMARTS) is 1. The van der Waals surface area contributed by atoms with E-state index in [1.54, 1.807) is 45.0 Å². The number of aliphatic carboxylic acids is 1. The number of carbonyl (C=O) groups is 2. The van der Waals surface area contributed by atoms with Gasteiger partial charge >= 0.3 is 11.9 Å². The maximum atomic E-state index is 11.6. The van der Waals surface area contributed by atoms with Crippen LogP contribution >= 0.6 is 0 Å². The van der Waals surface area contributed by atoms with E-state index in [1.807, 2.05) is 0 Å². The highest BCUT2D eigenvalue weighted by Gasteiger charge is 2.11. The average Bonchev–Trinajstić information content (AvgIpc) is 2.28. The molecule has 0 radical (unpaired) electrons. The van der Waals surface area contributed by atoms with Gasteiger partial charge in [0.05, 0.1) is 11.7 Å². The van der Waals surface area contributed by atoms with E-state index in [-0.39, 0.29) is 12.1 Å². The Bertz CT molecular complexity index is 425. The molecule has 1 aromatic rings. The first kappa shape index (κ1) is 14.0. The van der Waals surface area contributed by atoms with Crippen LogP contribution in [-0.4, -0.2) is 29.2 Å². The predicted octanol–water partition coefficient (Wildman–Crippen LogP) is 2.14. The van der Waals surface area contributed by atoms with Gasteiger partial charge in [-0.3, -0.25) is 4.79 Å². The third kappa shape index (κ3) is 4.08. The topological polar surface area (TPSA) is 75.6 Å². The Kier molecular flexibility index (Phi) is 4.71. The summed E-state index contributed by atoms with van der Waals surface area (Å²) in [7, 11) is 0. The number of carboxylic acids is 1. The SMILES string of the molecule is CC(C)OC(=O)c1ccc(NC(C)C(=O)O)cc1. The van der Waals surface area contributed by atoms with Crippen LogP contribution in [0.3, 0.4) is 0 Å². The molecule has 0 heterocycles. The minimum Gasteiger partial charge on any atom is -0.480 e. The fourth-order valence-electron chi connectivity index (χ4n) is 1.30. The van der Waals surface area contributed by atoms with Crippen LogP contribution in [-0.2, 0) is 9.53 Å². The molecule has 0 aliphatic carbocycles. The van der Waals surface area contributed by atoms with Crippen molar-refractivity contribution in [3.05, 3.63) is 29.8 Å². The van der Waals surface area contributed by atoms with Crippen molar-refractivity contribution < 1.29 is 19.4 Å². The molecule has 5 nitrogen and oxygen atoms in total. The van der Waals surface area contributed by atoms with E-state index in [1.165, 1.54) is 0 Å². The van der Waals surface area contributed by atoms with Gasteiger partial charge < -0.3 is 15.2 Å². The minimum absolute atomic E-state index is 0.165. The second-order valence-corrected chi connectivity index (χ2v) is 4.24. The molecule has 0 aromatic heterocycles. The number of esters is 1. The van der Waals surface area contributed by atoms with E-state index >= 15 is 0 Å². The van der Waals surface area contributed by atoms with Crippen LogP contribution < -0.4 is 5.32 Å². The van der Waals surface area contributed by atoms with Crippen molar-refractivity contribution in [2.75, 3.05) is 5.32 Å². The summed E-state index contributed by atoms with van der Waals surface area (Å²) in [4.78, 5) is 22.2. The van der Waals surface area contributed by atoms with Gasteiger partial charge in [0.2, 0.25) is 0 Å². The van der Waals surface area contributed by atoms with Crippen molar-refractivity contribution in [2.24, 2.45) is 0 Å². The largest absolute Gasteiger partial charge is 0.480 e. The predicted molar refractivity (Wildman–Crippen MR) is 67.7 cm³/mol. The maximum Gasteiger partial charge on any atom is 0.338 e. The lowest BCUT2D eigenvalue weighted by Crippen LogP contribution is -2.25. The van der Waals surface area contributed by atoms with Crippen molar-refractivity contribution in [1.29, 1.82) is 0 Å². The maximum absolute atomic E-state index is 11.6. The number of ether oxygens (including phenoxy) is 1. The first-order valence-corrected chi connectivity index (χ1v) is 5.70. The number of hydrogen-bond acceptors (Lipinski definition) is 4. The summed E-state index contributed by atoms with van der Waals surface area (Å²) in [6.45, 7) is 5.11. The van der Waals surface area contributed by atoms with E-state index in [0.717, 1.165) is 0 Å². The lowest BCUT2D eigenvalue weighted by molar-refractivity contribution is -0.137. The van der Waals surface area contributed by atoms with Gasteiger partial charge in [-0.2, -0.15) is 0 Å². The summed E-state index contributed by atoms with van der Waals surface area (Å²) in [5, 5.41) is 11.5. The molecule has 1 unspecified atom stereocenters. The van der Waals surface area contributed by atoms with Gasteiger partial charge in [0.1, 0.15) is 6.04 Å². The van der Waals surface area contributed by atoms with Crippen molar-refractivity contribution in [1.82, 2.24) is 0 Å². The molecule has 1 aromatic carbocycles. The summed E-state index contributed by atoms with van der Waals surface area (Å²) in [6, 6.07) is 5.81. The van der Waals surface area contributed by atoms with Crippen molar-refractivity contribution in [3.8, 4) is 0 Å². The van der Waals surface area contributed by atoms with Gasteiger partial charge in [0.15, 0.2) is 0 Å². The second kappa shape index (κ2) is 6.05. The summed E-state index contributed by atoms with van der Waals surface area (Å²) in [6.07, 6.45) is -0.165. The van der Waals surface area contributed by atoms with Crippen LogP contribution in [0.4, 0.5) is 5.69 Å². The monoisotopic (exact) mass is 251 g/mol. The van der Waals surface area contributed by atoms with E-state index in [4.69, 9.17) is 9.84 Å². The molecule has 18 heavy (non-hydrogen) atoms. The molecule has 0 bridgehead atoms. The normalized spacial score (nSPS) is 12.0. The highest BCUT2D eigenvalue weighted by atomic mass is 16.5. The molecule has 0 spiro atoms. The summed E-state index contributed by atoms with van der Waals surface area (Å²) < 4.78 is 5.04. The minimum atomic E-state index is -0.932. The van der Waals surface area contributed by atoms with E-state index in [9.17, 15) is 9.59 Å². The fraction of sp³-hybridized carbons (Fsp3) is 0.385. The second-order valence-electron chi connectivity index (χ2n) is 4.24. The van der Waals surface area contributed by atoms with Crippen LogP contribution in [0.2, 0.25) is 0 Å².